The van der Waals surface area contributed by atoms with Gasteiger partial charge >= 0.3 is 11.9 Å². The maximum Gasteiger partial charge on any atom is 0.353 e. The zero-order valence-electron chi connectivity index (χ0n) is 23.1. The van der Waals surface area contributed by atoms with Gasteiger partial charge in [-0.05, 0) is 61.4 Å². The van der Waals surface area contributed by atoms with Crippen molar-refractivity contribution >= 4 is 22.8 Å². The number of carboxylic acids is 1. The maximum atomic E-state index is 12.9. The molecule has 0 bridgehead atoms. The standard InChI is InChI=1S/C31H31NO9/c1-4-12-38-22-9-10-24-23(14-22)29(19-7-11-25-27(13-19)41-18-40-25)30(31(34)35)32(24)16-20-6-8-21(36-3)15-26(20)39-17-28(33)37-5-2/h6-11,13-15H,4-5,12,16-18H2,1-3H3,(H,34,35). The van der Waals surface area contributed by atoms with Crippen molar-refractivity contribution in [2.75, 3.05) is 33.7 Å². The number of aromatic carboxylic acids is 1. The van der Waals surface area contributed by atoms with Gasteiger partial charge in [-0.3, -0.25) is 0 Å². The number of fused-ring (bicyclic) bond motifs is 2. The number of rotatable bonds is 12. The molecular formula is C31H31NO9. The molecule has 10 nitrogen and oxygen atoms in total. The molecule has 0 unspecified atom stereocenters. The predicted molar refractivity (Wildman–Crippen MR) is 150 cm³/mol. The molecule has 0 amide bonds. The van der Waals surface area contributed by atoms with Crippen LogP contribution in [0.4, 0.5) is 0 Å². The molecule has 0 saturated heterocycles. The zero-order chi connectivity index (χ0) is 28.9. The van der Waals surface area contributed by atoms with E-state index in [1.807, 2.05) is 31.2 Å². The molecule has 1 aromatic heterocycles. The summed E-state index contributed by atoms with van der Waals surface area (Å²) in [6.45, 7) is 4.45. The molecule has 0 saturated carbocycles. The van der Waals surface area contributed by atoms with Gasteiger partial charge in [0.2, 0.25) is 6.79 Å². The first kappa shape index (κ1) is 27.7. The first-order valence-electron chi connectivity index (χ1n) is 13.3. The number of hydrogen-bond acceptors (Lipinski definition) is 8. The number of hydrogen-bond donors (Lipinski definition) is 1. The first-order chi connectivity index (χ1) is 19.9. The van der Waals surface area contributed by atoms with Crippen LogP contribution < -0.4 is 23.7 Å². The number of benzene rings is 3. The SMILES string of the molecule is CCCOc1ccc2c(c1)c(-c1ccc3c(c1)OCO3)c(C(=O)O)n2Cc1ccc(OC)cc1OCC(=O)OCC. The van der Waals surface area contributed by atoms with Crippen molar-refractivity contribution in [3.63, 3.8) is 0 Å². The van der Waals surface area contributed by atoms with Crippen LogP contribution in [0.3, 0.4) is 0 Å². The Balaban J connectivity index is 1.66. The van der Waals surface area contributed by atoms with Crippen LogP contribution in [-0.2, 0) is 16.1 Å². The second-order valence-corrected chi connectivity index (χ2v) is 9.28. The van der Waals surface area contributed by atoms with E-state index in [-0.39, 0.29) is 32.2 Å². The summed E-state index contributed by atoms with van der Waals surface area (Å²) >= 11 is 0. The third-order valence-corrected chi connectivity index (χ3v) is 6.63. The van der Waals surface area contributed by atoms with Crippen LogP contribution in [0.2, 0.25) is 0 Å². The topological polar surface area (TPSA) is 115 Å². The van der Waals surface area contributed by atoms with Gasteiger partial charge < -0.3 is 38.1 Å². The minimum Gasteiger partial charge on any atom is -0.497 e. The summed E-state index contributed by atoms with van der Waals surface area (Å²) in [5, 5.41) is 11.3. The van der Waals surface area contributed by atoms with E-state index < -0.39 is 11.9 Å². The lowest BCUT2D eigenvalue weighted by Crippen LogP contribution is -2.16. The molecule has 1 N–H and O–H groups in total. The van der Waals surface area contributed by atoms with Crippen LogP contribution in [0, 0.1) is 0 Å². The molecule has 5 rings (SSSR count). The van der Waals surface area contributed by atoms with E-state index in [9.17, 15) is 14.7 Å². The smallest absolute Gasteiger partial charge is 0.353 e. The number of aromatic nitrogens is 1. The van der Waals surface area contributed by atoms with Gasteiger partial charge in [-0.1, -0.05) is 13.0 Å². The van der Waals surface area contributed by atoms with Gasteiger partial charge in [0.1, 0.15) is 22.9 Å². The van der Waals surface area contributed by atoms with Gasteiger partial charge in [0.15, 0.2) is 18.1 Å². The summed E-state index contributed by atoms with van der Waals surface area (Å²) in [4.78, 5) is 24.9. The van der Waals surface area contributed by atoms with E-state index in [1.165, 1.54) is 7.11 Å². The van der Waals surface area contributed by atoms with Crippen LogP contribution in [0.1, 0.15) is 36.3 Å². The first-order valence-corrected chi connectivity index (χ1v) is 13.3. The molecule has 0 spiro atoms. The largest absolute Gasteiger partial charge is 0.497 e. The normalized spacial score (nSPS) is 11.9. The van der Waals surface area contributed by atoms with E-state index >= 15 is 0 Å². The average molecular weight is 562 g/mol. The molecule has 1 aliphatic heterocycles. The highest BCUT2D eigenvalue weighted by Crippen LogP contribution is 2.42. The van der Waals surface area contributed by atoms with E-state index in [1.54, 1.807) is 41.8 Å². The van der Waals surface area contributed by atoms with Crippen molar-refractivity contribution in [2.24, 2.45) is 0 Å². The molecule has 4 aromatic rings. The molecule has 214 valence electrons. The quantitative estimate of drug-likeness (QED) is 0.223. The lowest BCUT2D eigenvalue weighted by molar-refractivity contribution is -0.145. The fourth-order valence-electron chi connectivity index (χ4n) is 4.81. The van der Waals surface area contributed by atoms with Crippen LogP contribution in [-0.4, -0.2) is 55.3 Å². The highest BCUT2D eigenvalue weighted by molar-refractivity contribution is 6.08. The Morgan fingerprint density at radius 3 is 2.51 bits per heavy atom. The van der Waals surface area contributed by atoms with Crippen molar-refractivity contribution < 1.29 is 43.1 Å². The second-order valence-electron chi connectivity index (χ2n) is 9.28. The van der Waals surface area contributed by atoms with Crippen molar-refractivity contribution in [2.45, 2.75) is 26.8 Å². The Morgan fingerprint density at radius 2 is 1.76 bits per heavy atom. The molecule has 3 aromatic carbocycles. The van der Waals surface area contributed by atoms with Crippen LogP contribution in [0.5, 0.6) is 28.7 Å². The number of nitrogens with zero attached hydrogens (tertiary/aromatic N) is 1. The van der Waals surface area contributed by atoms with Crippen molar-refractivity contribution in [1.29, 1.82) is 0 Å². The monoisotopic (exact) mass is 561 g/mol. The molecule has 0 atom stereocenters. The molecule has 10 heteroatoms. The Kier molecular flexibility index (Phi) is 8.19. The van der Waals surface area contributed by atoms with E-state index in [0.29, 0.717) is 62.9 Å². The third kappa shape index (κ3) is 5.72. The van der Waals surface area contributed by atoms with Crippen LogP contribution in [0.25, 0.3) is 22.0 Å². The fraction of sp³-hybridized carbons (Fsp3) is 0.290. The van der Waals surface area contributed by atoms with Crippen LogP contribution >= 0.6 is 0 Å². The van der Waals surface area contributed by atoms with Crippen molar-refractivity contribution in [3.8, 4) is 39.9 Å². The maximum absolute atomic E-state index is 12.9. The van der Waals surface area contributed by atoms with Gasteiger partial charge in [0.05, 0.1) is 26.9 Å². The minimum absolute atomic E-state index is 0.0821. The molecule has 0 aliphatic carbocycles. The highest BCUT2D eigenvalue weighted by atomic mass is 16.7. The number of ether oxygens (including phenoxy) is 6. The number of esters is 1. The van der Waals surface area contributed by atoms with Crippen molar-refractivity contribution in [3.05, 3.63) is 65.9 Å². The predicted octanol–water partition coefficient (Wildman–Crippen LogP) is 5.52. The van der Waals surface area contributed by atoms with Crippen LogP contribution in [0.15, 0.2) is 54.6 Å². The summed E-state index contributed by atoms with van der Waals surface area (Å²) in [6, 6.07) is 16.1. The summed E-state index contributed by atoms with van der Waals surface area (Å²) in [5.41, 5.74) is 2.61. The summed E-state index contributed by atoms with van der Waals surface area (Å²) < 4.78 is 34.8. The van der Waals surface area contributed by atoms with E-state index in [2.05, 4.69) is 0 Å². The van der Waals surface area contributed by atoms with E-state index in [4.69, 9.17) is 28.4 Å². The fourth-order valence-corrected chi connectivity index (χ4v) is 4.81. The number of carboxylic acid groups (broad SMARTS) is 1. The van der Waals surface area contributed by atoms with Crippen molar-refractivity contribution in [1.82, 2.24) is 4.57 Å². The van der Waals surface area contributed by atoms with E-state index in [0.717, 1.165) is 6.42 Å². The van der Waals surface area contributed by atoms with Gasteiger partial charge in [-0.25, -0.2) is 9.59 Å². The number of carbonyl (C=O) groups excluding carboxylic acids is 1. The molecule has 2 heterocycles. The number of methoxy groups -OCH3 is 1. The molecular weight excluding hydrogens is 530 g/mol. The lowest BCUT2D eigenvalue weighted by Gasteiger charge is -2.15. The van der Waals surface area contributed by atoms with Gasteiger partial charge in [-0.15, -0.1) is 0 Å². The Bertz CT molecular complexity index is 1590. The molecule has 0 radical (unpaired) electrons. The lowest BCUT2D eigenvalue weighted by atomic mass is 10.0. The summed E-state index contributed by atoms with van der Waals surface area (Å²) in [6.07, 6.45) is 0.834. The molecule has 1 aliphatic rings. The Morgan fingerprint density at radius 1 is 0.951 bits per heavy atom. The highest BCUT2D eigenvalue weighted by Gasteiger charge is 2.26. The summed E-state index contributed by atoms with van der Waals surface area (Å²) in [7, 11) is 1.53. The summed E-state index contributed by atoms with van der Waals surface area (Å²) in [5.74, 6) is 1.07. The average Bonchev–Trinajstić information content (AvgIpc) is 3.57. The minimum atomic E-state index is -1.10. The zero-order valence-corrected chi connectivity index (χ0v) is 23.1. The van der Waals surface area contributed by atoms with Gasteiger partial charge in [-0.2, -0.15) is 0 Å². The molecule has 0 fully saturated rings. The Labute approximate surface area is 236 Å². The Hall–Kier alpha value is -4.86. The van der Waals surface area contributed by atoms with Gasteiger partial charge in [0.25, 0.3) is 0 Å². The second kappa shape index (κ2) is 12.1. The van der Waals surface area contributed by atoms with Gasteiger partial charge in [0, 0.05) is 28.1 Å². The third-order valence-electron chi connectivity index (χ3n) is 6.63. The molecule has 41 heavy (non-hydrogen) atoms. The number of carbonyl (C=O) groups is 2.